The largest absolute Gasteiger partial charge is 0.299 e. The second-order valence-electron chi connectivity index (χ2n) is 3.76. The standard InChI is InChI=1S/C11H14FNS/c12-10-3-4-11(14)9(7-10)8-13-5-1-2-6-13/h3-4,7,14H,1-2,5-6,8H2. The van der Waals surface area contributed by atoms with E-state index in [-0.39, 0.29) is 5.82 Å². The summed E-state index contributed by atoms with van der Waals surface area (Å²) >= 11 is 4.32. The van der Waals surface area contributed by atoms with Crippen LogP contribution in [0.25, 0.3) is 0 Å². The van der Waals surface area contributed by atoms with Crippen molar-refractivity contribution in [3.05, 3.63) is 29.6 Å². The van der Waals surface area contributed by atoms with Crippen molar-refractivity contribution < 1.29 is 4.39 Å². The lowest BCUT2D eigenvalue weighted by Gasteiger charge is -2.15. The van der Waals surface area contributed by atoms with Crippen LogP contribution >= 0.6 is 12.6 Å². The Labute approximate surface area is 89.3 Å². The molecule has 0 radical (unpaired) electrons. The van der Waals surface area contributed by atoms with Crippen LogP contribution in [0.4, 0.5) is 4.39 Å². The lowest BCUT2D eigenvalue weighted by molar-refractivity contribution is 0.328. The monoisotopic (exact) mass is 211 g/mol. The molecule has 0 amide bonds. The molecule has 1 nitrogen and oxygen atoms in total. The number of likely N-dealkylation sites (tertiary alicyclic amines) is 1. The highest BCUT2D eigenvalue weighted by Gasteiger charge is 2.13. The SMILES string of the molecule is Fc1ccc(S)c(CN2CCCC2)c1. The van der Waals surface area contributed by atoms with Crippen molar-refractivity contribution >= 4 is 12.6 Å². The molecule has 0 spiro atoms. The van der Waals surface area contributed by atoms with Gasteiger partial charge in [0, 0.05) is 11.4 Å². The van der Waals surface area contributed by atoms with Gasteiger partial charge in [-0.2, -0.15) is 0 Å². The highest BCUT2D eigenvalue weighted by molar-refractivity contribution is 7.80. The smallest absolute Gasteiger partial charge is 0.123 e. The third-order valence-electron chi connectivity index (χ3n) is 2.63. The molecule has 1 aromatic rings. The zero-order valence-corrected chi connectivity index (χ0v) is 8.93. The number of hydrogen-bond donors (Lipinski definition) is 1. The number of nitrogens with zero attached hydrogens (tertiary/aromatic N) is 1. The van der Waals surface area contributed by atoms with Gasteiger partial charge < -0.3 is 0 Å². The molecule has 1 aliphatic rings. The number of hydrogen-bond acceptors (Lipinski definition) is 2. The molecule has 1 aromatic carbocycles. The van der Waals surface area contributed by atoms with E-state index in [1.807, 2.05) is 0 Å². The quantitative estimate of drug-likeness (QED) is 0.736. The Kier molecular flexibility index (Phi) is 3.08. The van der Waals surface area contributed by atoms with Gasteiger partial charge in [-0.1, -0.05) is 0 Å². The van der Waals surface area contributed by atoms with Gasteiger partial charge in [-0.15, -0.1) is 12.6 Å². The Balaban J connectivity index is 2.10. The van der Waals surface area contributed by atoms with Gasteiger partial charge in [-0.05, 0) is 49.7 Å². The first-order valence-electron chi connectivity index (χ1n) is 4.95. The van der Waals surface area contributed by atoms with Gasteiger partial charge in [0.25, 0.3) is 0 Å². The third-order valence-corrected chi connectivity index (χ3v) is 3.07. The minimum Gasteiger partial charge on any atom is -0.299 e. The van der Waals surface area contributed by atoms with Gasteiger partial charge in [-0.25, -0.2) is 4.39 Å². The molecule has 1 saturated heterocycles. The fraction of sp³-hybridized carbons (Fsp3) is 0.455. The maximum Gasteiger partial charge on any atom is 0.123 e. The topological polar surface area (TPSA) is 3.24 Å². The van der Waals surface area contributed by atoms with E-state index in [1.165, 1.54) is 18.9 Å². The molecule has 0 bridgehead atoms. The molecule has 0 aromatic heterocycles. The summed E-state index contributed by atoms with van der Waals surface area (Å²) in [5, 5.41) is 0. The fourth-order valence-corrected chi connectivity index (χ4v) is 2.07. The summed E-state index contributed by atoms with van der Waals surface area (Å²) in [5.41, 5.74) is 0.996. The molecule has 0 N–H and O–H groups in total. The van der Waals surface area contributed by atoms with Crippen molar-refractivity contribution in [2.24, 2.45) is 0 Å². The van der Waals surface area contributed by atoms with Crippen LogP contribution in [0.2, 0.25) is 0 Å². The zero-order valence-electron chi connectivity index (χ0n) is 8.04. The fourth-order valence-electron chi connectivity index (χ4n) is 1.86. The van der Waals surface area contributed by atoms with E-state index in [0.717, 1.165) is 30.1 Å². The number of rotatable bonds is 2. The van der Waals surface area contributed by atoms with E-state index in [1.54, 1.807) is 12.1 Å². The van der Waals surface area contributed by atoms with Crippen LogP contribution in [-0.4, -0.2) is 18.0 Å². The van der Waals surface area contributed by atoms with Crippen molar-refractivity contribution in [1.29, 1.82) is 0 Å². The Morgan fingerprint density at radius 2 is 2.00 bits per heavy atom. The molecule has 0 atom stereocenters. The van der Waals surface area contributed by atoms with E-state index < -0.39 is 0 Å². The molecule has 0 aliphatic carbocycles. The first-order chi connectivity index (χ1) is 6.75. The lowest BCUT2D eigenvalue weighted by Crippen LogP contribution is -2.18. The molecule has 0 saturated carbocycles. The number of thiol groups is 1. The summed E-state index contributed by atoms with van der Waals surface area (Å²) in [7, 11) is 0. The maximum absolute atomic E-state index is 13.0. The van der Waals surface area contributed by atoms with Crippen LogP contribution < -0.4 is 0 Å². The second kappa shape index (κ2) is 4.32. The van der Waals surface area contributed by atoms with Crippen molar-refractivity contribution in [2.45, 2.75) is 24.3 Å². The van der Waals surface area contributed by atoms with Crippen LogP contribution in [0.3, 0.4) is 0 Å². The average molecular weight is 211 g/mol. The van der Waals surface area contributed by atoms with Crippen molar-refractivity contribution in [1.82, 2.24) is 4.90 Å². The Morgan fingerprint density at radius 3 is 2.71 bits per heavy atom. The zero-order chi connectivity index (χ0) is 9.97. The summed E-state index contributed by atoms with van der Waals surface area (Å²) in [6, 6.07) is 4.76. The molecular weight excluding hydrogens is 197 g/mol. The number of benzene rings is 1. The van der Waals surface area contributed by atoms with Crippen molar-refractivity contribution in [3.8, 4) is 0 Å². The molecule has 14 heavy (non-hydrogen) atoms. The Hall–Kier alpha value is -0.540. The molecule has 2 rings (SSSR count). The van der Waals surface area contributed by atoms with E-state index in [2.05, 4.69) is 17.5 Å². The predicted molar refractivity (Wildman–Crippen MR) is 58.2 cm³/mol. The minimum atomic E-state index is -0.169. The van der Waals surface area contributed by atoms with Crippen LogP contribution in [-0.2, 0) is 6.54 Å². The van der Waals surface area contributed by atoms with Crippen LogP contribution in [0.1, 0.15) is 18.4 Å². The van der Waals surface area contributed by atoms with Crippen LogP contribution in [0, 0.1) is 5.82 Å². The van der Waals surface area contributed by atoms with Crippen LogP contribution in [0.15, 0.2) is 23.1 Å². The summed E-state index contributed by atoms with van der Waals surface area (Å²) in [6.07, 6.45) is 2.52. The van der Waals surface area contributed by atoms with Gasteiger partial charge in [0.1, 0.15) is 5.82 Å². The minimum absolute atomic E-state index is 0.169. The van der Waals surface area contributed by atoms with Crippen molar-refractivity contribution in [3.63, 3.8) is 0 Å². The van der Waals surface area contributed by atoms with Crippen molar-refractivity contribution in [2.75, 3.05) is 13.1 Å². The van der Waals surface area contributed by atoms with Gasteiger partial charge in [0.2, 0.25) is 0 Å². The normalized spacial score (nSPS) is 17.6. The average Bonchev–Trinajstić information content (AvgIpc) is 2.64. The highest BCUT2D eigenvalue weighted by Crippen LogP contribution is 2.19. The Bertz CT molecular complexity index is 321. The van der Waals surface area contributed by atoms with Crippen LogP contribution in [0.5, 0.6) is 0 Å². The highest BCUT2D eigenvalue weighted by atomic mass is 32.1. The van der Waals surface area contributed by atoms with E-state index in [9.17, 15) is 4.39 Å². The van der Waals surface area contributed by atoms with E-state index in [4.69, 9.17) is 0 Å². The predicted octanol–water partition coefficient (Wildman–Crippen LogP) is 2.71. The molecule has 76 valence electrons. The summed E-state index contributed by atoms with van der Waals surface area (Å²) in [6.45, 7) is 3.09. The first kappa shape index (κ1) is 9.99. The van der Waals surface area contributed by atoms with Gasteiger partial charge in [-0.3, -0.25) is 4.90 Å². The van der Waals surface area contributed by atoms with E-state index in [0.29, 0.717) is 0 Å². The molecule has 3 heteroatoms. The van der Waals surface area contributed by atoms with Gasteiger partial charge in [0.15, 0.2) is 0 Å². The first-order valence-corrected chi connectivity index (χ1v) is 5.40. The lowest BCUT2D eigenvalue weighted by atomic mass is 10.2. The molecule has 0 unspecified atom stereocenters. The molecule has 1 fully saturated rings. The maximum atomic E-state index is 13.0. The second-order valence-corrected chi connectivity index (χ2v) is 4.24. The Morgan fingerprint density at radius 1 is 1.29 bits per heavy atom. The summed E-state index contributed by atoms with van der Waals surface area (Å²) in [4.78, 5) is 3.23. The van der Waals surface area contributed by atoms with E-state index >= 15 is 0 Å². The third kappa shape index (κ3) is 2.28. The molecule has 1 heterocycles. The summed E-state index contributed by atoms with van der Waals surface area (Å²) in [5.74, 6) is -0.169. The summed E-state index contributed by atoms with van der Waals surface area (Å²) < 4.78 is 13.0. The molecule has 1 aliphatic heterocycles. The number of halogens is 1. The molecular formula is C11H14FNS. The van der Waals surface area contributed by atoms with Gasteiger partial charge in [0.05, 0.1) is 0 Å². The van der Waals surface area contributed by atoms with Gasteiger partial charge >= 0.3 is 0 Å².